The van der Waals surface area contributed by atoms with Gasteiger partial charge >= 0.3 is 0 Å². The van der Waals surface area contributed by atoms with Crippen LogP contribution in [0, 0.1) is 17.0 Å². The van der Waals surface area contributed by atoms with E-state index in [9.17, 15) is 14.9 Å². The number of hydrogen-bond donors (Lipinski definition) is 2. The molecule has 1 aromatic carbocycles. The third-order valence-electron chi connectivity index (χ3n) is 3.76. The minimum atomic E-state index is -0.467. The highest BCUT2D eigenvalue weighted by Gasteiger charge is 2.18. The highest BCUT2D eigenvalue weighted by Crippen LogP contribution is 2.25. The van der Waals surface area contributed by atoms with Crippen LogP contribution >= 0.6 is 0 Å². The lowest BCUT2D eigenvalue weighted by Gasteiger charge is -2.23. The lowest BCUT2D eigenvalue weighted by molar-refractivity contribution is -0.384. The largest absolute Gasteiger partial charge is 0.320 e. The minimum absolute atomic E-state index is 0.0564. The smallest absolute Gasteiger partial charge is 0.293 e. The van der Waals surface area contributed by atoms with E-state index in [0.717, 1.165) is 24.9 Å². The van der Waals surface area contributed by atoms with Crippen LogP contribution in [0.2, 0.25) is 0 Å². The van der Waals surface area contributed by atoms with Gasteiger partial charge in [-0.25, -0.2) is 0 Å². The zero-order chi connectivity index (χ0) is 15.2. The average molecular weight is 291 g/mol. The third-order valence-corrected chi connectivity index (χ3v) is 3.76. The quantitative estimate of drug-likeness (QED) is 0.645. The number of nitrogens with one attached hydrogen (secondary N) is 2. The van der Waals surface area contributed by atoms with Gasteiger partial charge in [-0.15, -0.1) is 0 Å². The molecule has 0 radical (unpaired) electrons. The third kappa shape index (κ3) is 4.53. The molecular weight excluding hydrogens is 270 g/mol. The zero-order valence-corrected chi connectivity index (χ0v) is 12.2. The van der Waals surface area contributed by atoms with Crippen LogP contribution in [0.1, 0.15) is 37.7 Å². The summed E-state index contributed by atoms with van der Waals surface area (Å²) in [5.74, 6) is -0.172. The summed E-state index contributed by atoms with van der Waals surface area (Å²) in [5.41, 5.74) is 1.01. The standard InChI is InChI=1S/C15H21N3O3/c1-11-5-7-13(14(10-11)18(20)21)17-15(19)8-6-12-4-2-3-9-16-12/h5,7,10,12,16H,2-4,6,8-9H2,1H3,(H,17,19). The molecule has 1 heterocycles. The van der Waals surface area contributed by atoms with Crippen molar-refractivity contribution < 1.29 is 9.72 Å². The van der Waals surface area contributed by atoms with E-state index in [1.54, 1.807) is 19.1 Å². The number of aryl methyl sites for hydroxylation is 1. The Hall–Kier alpha value is -1.95. The molecule has 0 saturated carbocycles. The number of hydrogen-bond acceptors (Lipinski definition) is 4. The lowest BCUT2D eigenvalue weighted by atomic mass is 10.0. The zero-order valence-electron chi connectivity index (χ0n) is 12.2. The van der Waals surface area contributed by atoms with E-state index in [1.807, 2.05) is 0 Å². The molecule has 2 rings (SSSR count). The van der Waals surface area contributed by atoms with Gasteiger partial charge in [-0.1, -0.05) is 12.5 Å². The van der Waals surface area contributed by atoms with E-state index in [0.29, 0.717) is 12.5 Å². The van der Waals surface area contributed by atoms with Crippen LogP contribution in [-0.4, -0.2) is 23.4 Å². The molecule has 1 amide bonds. The van der Waals surface area contributed by atoms with Crippen LogP contribution in [-0.2, 0) is 4.79 Å². The maximum absolute atomic E-state index is 12.0. The molecule has 1 aliphatic rings. The summed E-state index contributed by atoms with van der Waals surface area (Å²) >= 11 is 0. The number of amides is 1. The predicted molar refractivity (Wildman–Crippen MR) is 81.3 cm³/mol. The molecule has 0 spiro atoms. The molecule has 21 heavy (non-hydrogen) atoms. The summed E-state index contributed by atoms with van der Waals surface area (Å²) in [6.45, 7) is 2.79. The van der Waals surface area contributed by atoms with Crippen molar-refractivity contribution in [1.29, 1.82) is 0 Å². The Morgan fingerprint density at radius 2 is 2.29 bits per heavy atom. The van der Waals surface area contributed by atoms with Gasteiger partial charge < -0.3 is 10.6 Å². The first-order valence-electron chi connectivity index (χ1n) is 7.34. The Labute approximate surface area is 124 Å². The molecular formula is C15H21N3O3. The molecule has 6 nitrogen and oxygen atoms in total. The molecule has 114 valence electrons. The highest BCUT2D eigenvalue weighted by molar-refractivity contribution is 5.93. The highest BCUT2D eigenvalue weighted by atomic mass is 16.6. The van der Waals surface area contributed by atoms with Gasteiger partial charge in [0.1, 0.15) is 5.69 Å². The van der Waals surface area contributed by atoms with E-state index >= 15 is 0 Å². The average Bonchev–Trinajstić information content (AvgIpc) is 2.48. The normalized spacial score (nSPS) is 18.2. The predicted octanol–water partition coefficient (Wildman–Crippen LogP) is 2.76. The Bertz CT molecular complexity index is 525. The van der Waals surface area contributed by atoms with Gasteiger partial charge in [0, 0.05) is 18.5 Å². The van der Waals surface area contributed by atoms with Crippen molar-refractivity contribution in [2.45, 2.75) is 45.1 Å². The fourth-order valence-electron chi connectivity index (χ4n) is 2.59. The van der Waals surface area contributed by atoms with E-state index < -0.39 is 4.92 Å². The molecule has 0 aliphatic carbocycles. The van der Waals surface area contributed by atoms with Crippen LogP contribution < -0.4 is 10.6 Å². The summed E-state index contributed by atoms with van der Waals surface area (Å²) in [7, 11) is 0. The van der Waals surface area contributed by atoms with Gasteiger partial charge in [-0.05, 0) is 44.4 Å². The number of nitrogens with zero attached hydrogens (tertiary/aromatic N) is 1. The number of piperidine rings is 1. The maximum atomic E-state index is 12.0. The van der Waals surface area contributed by atoms with Gasteiger partial charge in [-0.3, -0.25) is 14.9 Å². The topological polar surface area (TPSA) is 84.3 Å². The summed E-state index contributed by atoms with van der Waals surface area (Å²) in [6.07, 6.45) is 4.63. The van der Waals surface area contributed by atoms with Crippen molar-refractivity contribution >= 4 is 17.3 Å². The molecule has 1 unspecified atom stereocenters. The molecule has 1 aliphatic heterocycles. The first-order chi connectivity index (χ1) is 10.1. The van der Waals surface area contributed by atoms with Crippen LogP contribution in [0.25, 0.3) is 0 Å². The molecule has 1 atom stereocenters. The van der Waals surface area contributed by atoms with E-state index in [4.69, 9.17) is 0 Å². The molecule has 0 aromatic heterocycles. The molecule has 1 fully saturated rings. The van der Waals surface area contributed by atoms with Gasteiger partial charge in [0.15, 0.2) is 0 Å². The van der Waals surface area contributed by atoms with Crippen molar-refractivity contribution in [3.05, 3.63) is 33.9 Å². The number of nitro groups is 1. The molecule has 0 bridgehead atoms. The second kappa shape index (κ2) is 7.17. The lowest BCUT2D eigenvalue weighted by Crippen LogP contribution is -2.34. The number of anilines is 1. The second-order valence-corrected chi connectivity index (χ2v) is 5.51. The Balaban J connectivity index is 1.91. The number of carbonyl (C=O) groups excluding carboxylic acids is 1. The first-order valence-corrected chi connectivity index (χ1v) is 7.34. The van der Waals surface area contributed by atoms with E-state index in [-0.39, 0.29) is 17.3 Å². The van der Waals surface area contributed by atoms with Gasteiger partial charge in [0.2, 0.25) is 5.91 Å². The van der Waals surface area contributed by atoms with Crippen molar-refractivity contribution in [3.63, 3.8) is 0 Å². The summed E-state index contributed by atoms with van der Waals surface area (Å²) in [6, 6.07) is 5.20. The second-order valence-electron chi connectivity index (χ2n) is 5.51. The van der Waals surface area contributed by atoms with Crippen molar-refractivity contribution in [3.8, 4) is 0 Å². The molecule has 2 N–H and O–H groups in total. The Morgan fingerprint density at radius 3 is 2.95 bits per heavy atom. The van der Waals surface area contributed by atoms with E-state index in [1.165, 1.54) is 18.9 Å². The van der Waals surface area contributed by atoms with Crippen molar-refractivity contribution in [2.24, 2.45) is 0 Å². The molecule has 1 aromatic rings. The number of rotatable bonds is 5. The molecule has 6 heteroatoms. The summed E-state index contributed by atoms with van der Waals surface area (Å²) in [5, 5.41) is 17.0. The molecule has 1 saturated heterocycles. The minimum Gasteiger partial charge on any atom is -0.320 e. The Morgan fingerprint density at radius 1 is 1.48 bits per heavy atom. The number of benzene rings is 1. The maximum Gasteiger partial charge on any atom is 0.293 e. The summed E-state index contributed by atoms with van der Waals surface area (Å²) < 4.78 is 0. The van der Waals surface area contributed by atoms with Crippen molar-refractivity contribution in [2.75, 3.05) is 11.9 Å². The monoisotopic (exact) mass is 291 g/mol. The fourth-order valence-corrected chi connectivity index (χ4v) is 2.59. The van der Waals surface area contributed by atoms with E-state index in [2.05, 4.69) is 10.6 Å². The van der Waals surface area contributed by atoms with Crippen LogP contribution in [0.3, 0.4) is 0 Å². The van der Waals surface area contributed by atoms with Gasteiger partial charge in [0.05, 0.1) is 4.92 Å². The SMILES string of the molecule is Cc1ccc(NC(=O)CCC2CCCCN2)c([N+](=O)[O-])c1. The Kier molecular flexibility index (Phi) is 5.27. The van der Waals surface area contributed by atoms with Crippen LogP contribution in [0.5, 0.6) is 0 Å². The number of carbonyl (C=O) groups is 1. The van der Waals surface area contributed by atoms with Crippen molar-refractivity contribution in [1.82, 2.24) is 5.32 Å². The van der Waals surface area contributed by atoms with Crippen LogP contribution in [0.15, 0.2) is 18.2 Å². The van der Waals surface area contributed by atoms with Crippen LogP contribution in [0.4, 0.5) is 11.4 Å². The van der Waals surface area contributed by atoms with Gasteiger partial charge in [-0.2, -0.15) is 0 Å². The van der Waals surface area contributed by atoms with Gasteiger partial charge in [0.25, 0.3) is 5.69 Å². The summed E-state index contributed by atoms with van der Waals surface area (Å²) in [4.78, 5) is 22.5. The first kappa shape index (κ1) is 15.4. The fraction of sp³-hybridized carbons (Fsp3) is 0.533. The number of nitro benzene ring substituents is 1.